The molecule has 1 fully saturated rings. The lowest BCUT2D eigenvalue weighted by atomic mass is 9.64. The summed E-state index contributed by atoms with van der Waals surface area (Å²) in [5, 5.41) is 3.43. The minimum absolute atomic E-state index is 0.0479. The number of halogens is 4. The number of nitrogens with one attached hydrogen (secondary N) is 1. The van der Waals surface area contributed by atoms with Gasteiger partial charge in [-0.1, -0.05) is 35.9 Å². The second-order valence-electron chi connectivity index (χ2n) is 6.56. The zero-order valence-corrected chi connectivity index (χ0v) is 14.3. The van der Waals surface area contributed by atoms with Crippen LogP contribution in [0.3, 0.4) is 0 Å². The van der Waals surface area contributed by atoms with Gasteiger partial charge in [-0.15, -0.1) is 0 Å². The molecule has 0 saturated heterocycles. The van der Waals surface area contributed by atoms with E-state index in [1.165, 1.54) is 18.2 Å². The minimum Gasteiger partial charge on any atom is -0.346 e. The van der Waals surface area contributed by atoms with Crippen LogP contribution in [0.4, 0.5) is 13.2 Å². The summed E-state index contributed by atoms with van der Waals surface area (Å²) < 4.78 is 39.4. The van der Waals surface area contributed by atoms with Crippen LogP contribution in [0.15, 0.2) is 48.5 Å². The van der Waals surface area contributed by atoms with Crippen LogP contribution in [0.5, 0.6) is 0 Å². The van der Waals surface area contributed by atoms with Crippen molar-refractivity contribution in [3.63, 3.8) is 0 Å². The molecule has 0 unspecified atom stereocenters. The molecule has 1 amide bonds. The van der Waals surface area contributed by atoms with Crippen molar-refractivity contribution in [2.75, 3.05) is 0 Å². The van der Waals surface area contributed by atoms with Crippen molar-refractivity contribution in [2.45, 2.75) is 37.4 Å². The van der Waals surface area contributed by atoms with Gasteiger partial charge in [-0.2, -0.15) is 13.2 Å². The summed E-state index contributed by atoms with van der Waals surface area (Å²) in [5.74, 6) is -0.652. The first-order valence-corrected chi connectivity index (χ1v) is 8.33. The Morgan fingerprint density at radius 2 is 1.80 bits per heavy atom. The number of carbonyl (C=O) groups excluding carboxylic acids is 1. The lowest BCUT2D eigenvalue weighted by molar-refractivity contribution is -0.138. The molecular formula is C19H17ClF3NO. The molecule has 0 spiro atoms. The molecule has 2 atom stereocenters. The first kappa shape index (κ1) is 17.8. The van der Waals surface area contributed by atoms with E-state index < -0.39 is 23.2 Å². The molecule has 6 heteroatoms. The second kappa shape index (κ2) is 6.37. The van der Waals surface area contributed by atoms with Crippen molar-refractivity contribution in [1.29, 1.82) is 0 Å². The number of amides is 1. The van der Waals surface area contributed by atoms with Gasteiger partial charge >= 0.3 is 6.18 Å². The highest BCUT2D eigenvalue weighted by molar-refractivity contribution is 6.30. The summed E-state index contributed by atoms with van der Waals surface area (Å²) in [6.07, 6.45) is -3.00. The van der Waals surface area contributed by atoms with E-state index >= 15 is 0 Å². The van der Waals surface area contributed by atoms with Gasteiger partial charge in [-0.3, -0.25) is 4.79 Å². The monoisotopic (exact) mass is 367 g/mol. The van der Waals surface area contributed by atoms with E-state index in [-0.39, 0.29) is 11.5 Å². The van der Waals surface area contributed by atoms with Gasteiger partial charge in [0, 0.05) is 16.5 Å². The SMILES string of the molecule is C[C@@]1(NC(=O)c2ccccc2C(F)(F)F)CC[C@@H]1c1ccc(Cl)cc1. The fourth-order valence-electron chi connectivity index (χ4n) is 3.36. The molecule has 2 nitrogen and oxygen atoms in total. The van der Waals surface area contributed by atoms with Gasteiger partial charge in [0.2, 0.25) is 0 Å². The molecule has 2 aromatic carbocycles. The maximum absolute atomic E-state index is 13.1. The zero-order chi connectivity index (χ0) is 18.2. The Bertz CT molecular complexity index is 788. The minimum atomic E-state index is -4.57. The van der Waals surface area contributed by atoms with E-state index in [1.54, 1.807) is 12.1 Å². The lowest BCUT2D eigenvalue weighted by Crippen LogP contribution is -2.56. The quantitative estimate of drug-likeness (QED) is 0.770. The fourth-order valence-corrected chi connectivity index (χ4v) is 3.48. The van der Waals surface area contributed by atoms with E-state index in [0.29, 0.717) is 11.4 Å². The Balaban J connectivity index is 1.83. The third-order valence-corrected chi connectivity index (χ3v) is 5.12. The van der Waals surface area contributed by atoms with Crippen LogP contribution in [0.25, 0.3) is 0 Å². The third-order valence-electron chi connectivity index (χ3n) is 4.87. The average Bonchev–Trinajstić information content (AvgIpc) is 2.55. The number of hydrogen-bond acceptors (Lipinski definition) is 1. The van der Waals surface area contributed by atoms with Gasteiger partial charge < -0.3 is 5.32 Å². The van der Waals surface area contributed by atoms with Gasteiger partial charge in [0.15, 0.2) is 0 Å². The molecule has 0 aliphatic heterocycles. The fraction of sp³-hybridized carbons (Fsp3) is 0.316. The number of alkyl halides is 3. The number of hydrogen-bond donors (Lipinski definition) is 1. The maximum atomic E-state index is 13.1. The van der Waals surface area contributed by atoms with Crippen LogP contribution in [-0.2, 0) is 6.18 Å². The Hall–Kier alpha value is -2.01. The van der Waals surface area contributed by atoms with Gasteiger partial charge in [0.25, 0.3) is 5.91 Å². The van der Waals surface area contributed by atoms with Crippen LogP contribution in [0.1, 0.15) is 47.2 Å². The Labute approximate surface area is 149 Å². The van der Waals surface area contributed by atoms with E-state index in [1.807, 2.05) is 19.1 Å². The average molecular weight is 368 g/mol. The van der Waals surface area contributed by atoms with Gasteiger partial charge in [-0.05, 0) is 49.6 Å². The van der Waals surface area contributed by atoms with Crippen molar-refractivity contribution >= 4 is 17.5 Å². The Morgan fingerprint density at radius 3 is 2.36 bits per heavy atom. The first-order valence-electron chi connectivity index (χ1n) is 7.95. The smallest absolute Gasteiger partial charge is 0.346 e. The third kappa shape index (κ3) is 3.52. The molecular weight excluding hydrogens is 351 g/mol. The molecule has 1 aliphatic carbocycles. The number of carbonyl (C=O) groups is 1. The lowest BCUT2D eigenvalue weighted by Gasteiger charge is -2.48. The molecule has 0 bridgehead atoms. The maximum Gasteiger partial charge on any atom is 0.417 e. The Kier molecular flexibility index (Phi) is 4.54. The molecule has 3 rings (SSSR count). The van der Waals surface area contributed by atoms with E-state index in [9.17, 15) is 18.0 Å². The summed E-state index contributed by atoms with van der Waals surface area (Å²) in [6.45, 7) is 1.86. The zero-order valence-electron chi connectivity index (χ0n) is 13.5. The highest BCUT2D eigenvalue weighted by Gasteiger charge is 2.45. The largest absolute Gasteiger partial charge is 0.417 e. The first-order chi connectivity index (χ1) is 11.7. The van der Waals surface area contributed by atoms with Crippen LogP contribution in [0.2, 0.25) is 5.02 Å². The summed E-state index contributed by atoms with van der Waals surface area (Å²) in [4.78, 5) is 12.5. The van der Waals surface area contributed by atoms with Gasteiger partial charge in [-0.25, -0.2) is 0 Å². The van der Waals surface area contributed by atoms with E-state index in [2.05, 4.69) is 5.32 Å². The predicted octanol–water partition coefficient (Wildman–Crippen LogP) is 5.42. The van der Waals surface area contributed by atoms with E-state index in [0.717, 1.165) is 18.1 Å². The van der Waals surface area contributed by atoms with Crippen molar-refractivity contribution < 1.29 is 18.0 Å². The standard InChI is InChI=1S/C19H17ClF3NO/c1-18(11-10-15(18)12-6-8-13(20)9-7-12)24-17(25)14-4-2-3-5-16(14)19(21,22)23/h2-9,15H,10-11H2,1H3,(H,24,25)/t15-,18-/m1/s1. The highest BCUT2D eigenvalue weighted by Crippen LogP contribution is 2.46. The summed E-state index contributed by atoms with van der Waals surface area (Å²) in [6, 6.07) is 12.2. The van der Waals surface area contributed by atoms with Crippen molar-refractivity contribution in [1.82, 2.24) is 5.32 Å². The summed E-state index contributed by atoms with van der Waals surface area (Å²) in [5.41, 5.74) is -0.831. The molecule has 132 valence electrons. The van der Waals surface area contributed by atoms with Gasteiger partial charge in [0.05, 0.1) is 11.1 Å². The molecule has 1 saturated carbocycles. The van der Waals surface area contributed by atoms with Crippen LogP contribution < -0.4 is 5.32 Å². The topological polar surface area (TPSA) is 29.1 Å². The summed E-state index contributed by atoms with van der Waals surface area (Å²) in [7, 11) is 0. The molecule has 1 aliphatic rings. The normalized spacial score (nSPS) is 23.0. The highest BCUT2D eigenvalue weighted by atomic mass is 35.5. The molecule has 0 radical (unpaired) electrons. The van der Waals surface area contributed by atoms with Crippen molar-refractivity contribution in [2.24, 2.45) is 0 Å². The predicted molar refractivity (Wildman–Crippen MR) is 90.7 cm³/mol. The molecule has 1 N–H and O–H groups in total. The van der Waals surface area contributed by atoms with Crippen LogP contribution >= 0.6 is 11.6 Å². The number of rotatable bonds is 3. The van der Waals surface area contributed by atoms with E-state index in [4.69, 9.17) is 11.6 Å². The van der Waals surface area contributed by atoms with Crippen molar-refractivity contribution in [3.05, 3.63) is 70.2 Å². The second-order valence-corrected chi connectivity index (χ2v) is 6.99. The van der Waals surface area contributed by atoms with Gasteiger partial charge in [0.1, 0.15) is 0 Å². The molecule has 0 aromatic heterocycles. The molecule has 0 heterocycles. The van der Waals surface area contributed by atoms with Crippen molar-refractivity contribution in [3.8, 4) is 0 Å². The Morgan fingerprint density at radius 1 is 1.16 bits per heavy atom. The number of benzene rings is 2. The molecule has 2 aromatic rings. The van der Waals surface area contributed by atoms with Crippen LogP contribution in [-0.4, -0.2) is 11.4 Å². The summed E-state index contributed by atoms with van der Waals surface area (Å²) >= 11 is 5.90. The molecule has 25 heavy (non-hydrogen) atoms. The van der Waals surface area contributed by atoms with Crippen LogP contribution in [0, 0.1) is 0 Å².